The lowest BCUT2D eigenvalue weighted by Crippen LogP contribution is -2.26. The number of nitrogens with one attached hydrogen (secondary N) is 1. The zero-order valence-corrected chi connectivity index (χ0v) is 18.6. The van der Waals surface area contributed by atoms with Crippen LogP contribution in [0.1, 0.15) is 28.0 Å². The van der Waals surface area contributed by atoms with Gasteiger partial charge in [0.1, 0.15) is 5.15 Å². The van der Waals surface area contributed by atoms with Gasteiger partial charge in [-0.1, -0.05) is 29.8 Å². The van der Waals surface area contributed by atoms with E-state index in [1.807, 2.05) is 30.3 Å². The zero-order valence-electron chi connectivity index (χ0n) is 17.0. The maximum Gasteiger partial charge on any atom is 0.304 e. The van der Waals surface area contributed by atoms with Crippen LogP contribution in [0.25, 0.3) is 11.8 Å². The number of aromatic nitrogens is 2. The van der Waals surface area contributed by atoms with Crippen LogP contribution in [-0.2, 0) is 14.8 Å². The summed E-state index contributed by atoms with van der Waals surface area (Å²) in [6.45, 7) is 1.56. The molecule has 166 valence electrons. The standard InChI is InChI=1S/C22H20ClN3O5S/c1-15-19(22(23)26(25-15)17-5-3-2-4-6-17)11-12-20(27)16-7-9-18(10-8-16)32(30,31)24-14-13-21(28)29/h2-12,24H,13-14H2,1H3,(H,28,29)/b12-11+. The van der Waals surface area contributed by atoms with Crippen LogP contribution >= 0.6 is 11.6 Å². The highest BCUT2D eigenvalue weighted by molar-refractivity contribution is 7.89. The first kappa shape index (κ1) is 23.4. The summed E-state index contributed by atoms with van der Waals surface area (Å²) in [4.78, 5) is 23.0. The molecule has 0 amide bonds. The number of carbonyl (C=O) groups is 2. The van der Waals surface area contributed by atoms with E-state index in [-0.39, 0.29) is 29.2 Å². The van der Waals surface area contributed by atoms with Crippen molar-refractivity contribution in [3.05, 3.63) is 82.6 Å². The van der Waals surface area contributed by atoms with Crippen molar-refractivity contribution >= 4 is 39.5 Å². The number of para-hydroxylation sites is 1. The fraction of sp³-hybridized carbons (Fsp3) is 0.136. The number of aliphatic carboxylic acids is 1. The van der Waals surface area contributed by atoms with E-state index in [0.29, 0.717) is 16.4 Å². The van der Waals surface area contributed by atoms with Gasteiger partial charge in [-0.15, -0.1) is 0 Å². The molecule has 0 aliphatic rings. The van der Waals surface area contributed by atoms with Crippen LogP contribution in [0.15, 0.2) is 65.6 Å². The van der Waals surface area contributed by atoms with E-state index in [9.17, 15) is 18.0 Å². The fourth-order valence-corrected chi connectivity index (χ4v) is 4.24. The summed E-state index contributed by atoms with van der Waals surface area (Å²) in [6.07, 6.45) is 2.59. The number of halogens is 1. The number of aryl methyl sites for hydroxylation is 1. The minimum absolute atomic E-state index is 0.0635. The third kappa shape index (κ3) is 5.50. The van der Waals surface area contributed by atoms with Gasteiger partial charge < -0.3 is 5.11 Å². The number of carboxylic acid groups (broad SMARTS) is 1. The third-order valence-electron chi connectivity index (χ3n) is 4.53. The van der Waals surface area contributed by atoms with E-state index in [4.69, 9.17) is 16.7 Å². The van der Waals surface area contributed by atoms with Gasteiger partial charge in [0, 0.05) is 17.7 Å². The molecule has 3 rings (SSSR count). The second kappa shape index (κ2) is 9.90. The molecule has 0 bridgehead atoms. The summed E-state index contributed by atoms with van der Waals surface area (Å²) in [5.41, 5.74) is 2.33. The Hall–Kier alpha value is -3.27. The Morgan fingerprint density at radius 3 is 2.41 bits per heavy atom. The summed E-state index contributed by atoms with van der Waals surface area (Å²) >= 11 is 6.45. The molecular formula is C22H20ClN3O5S. The predicted octanol–water partition coefficient (Wildman–Crippen LogP) is 3.48. The molecule has 1 heterocycles. The largest absolute Gasteiger partial charge is 0.481 e. The van der Waals surface area contributed by atoms with Crippen molar-refractivity contribution in [1.29, 1.82) is 0 Å². The highest BCUT2D eigenvalue weighted by atomic mass is 35.5. The second-order valence-electron chi connectivity index (χ2n) is 6.80. The lowest BCUT2D eigenvalue weighted by molar-refractivity contribution is -0.136. The molecule has 0 saturated heterocycles. The molecule has 0 radical (unpaired) electrons. The number of carboxylic acids is 1. The summed E-state index contributed by atoms with van der Waals surface area (Å²) in [5.74, 6) is -1.44. The third-order valence-corrected chi connectivity index (χ3v) is 6.37. The highest BCUT2D eigenvalue weighted by Gasteiger charge is 2.16. The summed E-state index contributed by atoms with van der Waals surface area (Å²) in [6, 6.07) is 14.7. The topological polar surface area (TPSA) is 118 Å². The number of sulfonamides is 1. The van der Waals surface area contributed by atoms with E-state index in [0.717, 1.165) is 5.69 Å². The molecule has 0 spiro atoms. The van der Waals surface area contributed by atoms with Gasteiger partial charge >= 0.3 is 5.97 Å². The van der Waals surface area contributed by atoms with Crippen molar-refractivity contribution in [1.82, 2.24) is 14.5 Å². The molecule has 0 fully saturated rings. The molecule has 3 aromatic rings. The van der Waals surface area contributed by atoms with Crippen LogP contribution in [0.5, 0.6) is 0 Å². The van der Waals surface area contributed by atoms with Gasteiger partial charge in [-0.3, -0.25) is 9.59 Å². The monoisotopic (exact) mass is 473 g/mol. The SMILES string of the molecule is Cc1nn(-c2ccccc2)c(Cl)c1/C=C/C(=O)c1ccc(S(=O)(=O)NCCC(=O)O)cc1. The van der Waals surface area contributed by atoms with Crippen molar-refractivity contribution in [3.8, 4) is 5.69 Å². The van der Waals surface area contributed by atoms with Crippen LogP contribution in [-0.4, -0.2) is 41.6 Å². The average Bonchev–Trinajstić information content (AvgIpc) is 3.05. The highest BCUT2D eigenvalue weighted by Crippen LogP contribution is 2.25. The van der Waals surface area contributed by atoms with E-state index in [1.54, 1.807) is 17.7 Å². The first-order valence-electron chi connectivity index (χ1n) is 9.53. The Bertz CT molecular complexity index is 1270. The molecule has 0 atom stereocenters. The Labute approximate surface area is 190 Å². The number of ketones is 1. The normalized spacial score (nSPS) is 11.7. The summed E-state index contributed by atoms with van der Waals surface area (Å²) in [5, 5.41) is 13.4. The minimum atomic E-state index is -3.86. The van der Waals surface area contributed by atoms with Gasteiger partial charge in [0.05, 0.1) is 22.7 Å². The number of allylic oxidation sites excluding steroid dienone is 1. The van der Waals surface area contributed by atoms with Gasteiger partial charge in [-0.05, 0) is 55.5 Å². The van der Waals surface area contributed by atoms with Gasteiger partial charge in [0.25, 0.3) is 0 Å². The van der Waals surface area contributed by atoms with Crippen molar-refractivity contribution in [2.75, 3.05) is 6.54 Å². The Morgan fingerprint density at radius 1 is 1.12 bits per heavy atom. The molecular weight excluding hydrogens is 454 g/mol. The number of hydrogen-bond donors (Lipinski definition) is 2. The quantitative estimate of drug-likeness (QED) is 0.363. The number of benzene rings is 2. The molecule has 2 aromatic carbocycles. The second-order valence-corrected chi connectivity index (χ2v) is 8.93. The summed E-state index contributed by atoms with van der Waals surface area (Å²) < 4.78 is 28.1. The molecule has 10 heteroatoms. The van der Waals surface area contributed by atoms with Crippen molar-refractivity contribution in [2.24, 2.45) is 0 Å². The maximum atomic E-state index is 12.5. The van der Waals surface area contributed by atoms with Gasteiger partial charge in [-0.2, -0.15) is 5.10 Å². The minimum Gasteiger partial charge on any atom is -0.481 e. The van der Waals surface area contributed by atoms with Crippen molar-refractivity contribution in [3.63, 3.8) is 0 Å². The number of hydrogen-bond acceptors (Lipinski definition) is 5. The molecule has 0 unspecified atom stereocenters. The Kier molecular flexibility index (Phi) is 7.24. The number of nitrogens with zero attached hydrogens (tertiary/aromatic N) is 2. The summed E-state index contributed by atoms with van der Waals surface area (Å²) in [7, 11) is -3.86. The van der Waals surface area contributed by atoms with Crippen molar-refractivity contribution < 1.29 is 23.1 Å². The molecule has 1 aromatic heterocycles. The lowest BCUT2D eigenvalue weighted by Gasteiger charge is -2.06. The number of rotatable bonds is 9. The van der Waals surface area contributed by atoms with Crippen LogP contribution in [0, 0.1) is 6.92 Å². The van der Waals surface area contributed by atoms with Crippen molar-refractivity contribution in [2.45, 2.75) is 18.2 Å². The first-order valence-corrected chi connectivity index (χ1v) is 11.4. The van der Waals surface area contributed by atoms with Crippen LogP contribution in [0.3, 0.4) is 0 Å². The van der Waals surface area contributed by atoms with Gasteiger partial charge in [0.15, 0.2) is 5.78 Å². The molecule has 0 saturated carbocycles. The average molecular weight is 474 g/mol. The zero-order chi connectivity index (χ0) is 23.3. The van der Waals surface area contributed by atoms with E-state index in [1.165, 1.54) is 30.3 Å². The number of carbonyl (C=O) groups excluding carboxylic acids is 1. The first-order chi connectivity index (χ1) is 15.2. The fourth-order valence-electron chi connectivity index (χ4n) is 2.87. The molecule has 2 N–H and O–H groups in total. The maximum absolute atomic E-state index is 12.5. The van der Waals surface area contributed by atoms with Crippen LogP contribution < -0.4 is 4.72 Å². The molecule has 32 heavy (non-hydrogen) atoms. The molecule has 8 nitrogen and oxygen atoms in total. The lowest BCUT2D eigenvalue weighted by atomic mass is 10.1. The van der Waals surface area contributed by atoms with Gasteiger partial charge in [-0.25, -0.2) is 17.8 Å². The van der Waals surface area contributed by atoms with Crippen LogP contribution in [0.4, 0.5) is 0 Å². The molecule has 0 aliphatic carbocycles. The Morgan fingerprint density at radius 2 is 1.78 bits per heavy atom. The van der Waals surface area contributed by atoms with E-state index >= 15 is 0 Å². The smallest absolute Gasteiger partial charge is 0.304 e. The predicted molar refractivity (Wildman–Crippen MR) is 121 cm³/mol. The van der Waals surface area contributed by atoms with Gasteiger partial charge in [0.2, 0.25) is 10.0 Å². The van der Waals surface area contributed by atoms with E-state index < -0.39 is 16.0 Å². The van der Waals surface area contributed by atoms with Crippen LogP contribution in [0.2, 0.25) is 5.15 Å². The van der Waals surface area contributed by atoms with E-state index in [2.05, 4.69) is 9.82 Å². The molecule has 0 aliphatic heterocycles. The Balaban J connectivity index is 1.74.